The van der Waals surface area contributed by atoms with Crippen molar-refractivity contribution in [2.45, 2.75) is 49.8 Å². The number of hydrogen-bond donors (Lipinski definition) is 4. The van der Waals surface area contributed by atoms with Crippen LogP contribution in [0.2, 0.25) is 0 Å². The summed E-state index contributed by atoms with van der Waals surface area (Å²) in [5.74, 6) is 0. The molecular formula is C18H22N12O6. The van der Waals surface area contributed by atoms with Crippen molar-refractivity contribution in [3.63, 3.8) is 0 Å². The predicted molar refractivity (Wildman–Crippen MR) is 111 cm³/mol. The van der Waals surface area contributed by atoms with Gasteiger partial charge in [0, 0.05) is 0 Å². The highest BCUT2D eigenvalue weighted by atomic mass is 16.2. The Kier molecular flexibility index (Phi) is 3.06. The molecule has 4 N–H and O–H groups in total. The Morgan fingerprint density at radius 2 is 0.778 bits per heavy atom. The van der Waals surface area contributed by atoms with E-state index in [-0.39, 0.29) is 26.7 Å². The molecule has 8 fully saturated rings. The zero-order chi connectivity index (χ0) is 25.0. The molecule has 8 aliphatic rings. The fourth-order valence-corrected chi connectivity index (χ4v) is 7.12. The summed E-state index contributed by atoms with van der Waals surface area (Å²) in [6.45, 7) is 2.64. The van der Waals surface area contributed by atoms with Gasteiger partial charge in [-0.3, -0.25) is 39.2 Å². The number of hydrogen-bond acceptors (Lipinski definition) is 6. The van der Waals surface area contributed by atoms with E-state index in [2.05, 4.69) is 21.3 Å². The van der Waals surface area contributed by atoms with E-state index in [1.54, 1.807) is 13.8 Å². The third-order valence-electron chi connectivity index (χ3n) is 9.13. The summed E-state index contributed by atoms with van der Waals surface area (Å²) in [4.78, 5) is 90.7. The third kappa shape index (κ3) is 1.78. The lowest BCUT2D eigenvalue weighted by Gasteiger charge is -2.50. The first-order chi connectivity index (χ1) is 17.1. The van der Waals surface area contributed by atoms with E-state index >= 15 is 0 Å². The van der Waals surface area contributed by atoms with Gasteiger partial charge in [0.05, 0.1) is 0 Å². The van der Waals surface area contributed by atoms with Gasteiger partial charge in [-0.1, -0.05) is 0 Å². The topological polar surface area (TPSA) is 176 Å². The minimum atomic E-state index is -1.36. The molecule has 190 valence electrons. The van der Waals surface area contributed by atoms with Crippen molar-refractivity contribution in [3.05, 3.63) is 0 Å². The van der Waals surface area contributed by atoms with Crippen molar-refractivity contribution in [2.24, 2.45) is 0 Å². The van der Waals surface area contributed by atoms with Gasteiger partial charge in [0.15, 0.2) is 23.7 Å². The fraction of sp³-hybridized carbons (Fsp3) is 0.667. The maximum atomic E-state index is 14.0. The normalized spacial score (nSPS) is 41.6. The van der Waals surface area contributed by atoms with Gasteiger partial charge >= 0.3 is 36.2 Å². The summed E-state index contributed by atoms with van der Waals surface area (Å²) in [6.07, 6.45) is -2.87. The van der Waals surface area contributed by atoms with Crippen LogP contribution in [0.5, 0.6) is 0 Å². The Balaban J connectivity index is 1.31. The van der Waals surface area contributed by atoms with Crippen LogP contribution in [0, 0.1) is 0 Å². The second-order valence-electron chi connectivity index (χ2n) is 10.3. The molecule has 8 aliphatic heterocycles. The van der Waals surface area contributed by atoms with Gasteiger partial charge in [0.25, 0.3) is 0 Å². The fourth-order valence-electron chi connectivity index (χ4n) is 7.12. The van der Waals surface area contributed by atoms with Crippen molar-refractivity contribution >= 4 is 36.2 Å². The summed E-state index contributed by atoms with van der Waals surface area (Å²) < 4.78 is 0. The molecule has 0 spiro atoms. The molecule has 0 saturated carbocycles. The highest BCUT2D eigenvalue weighted by molar-refractivity contribution is 5.92. The molecule has 8 saturated heterocycles. The van der Waals surface area contributed by atoms with E-state index in [4.69, 9.17) is 0 Å². The second kappa shape index (κ2) is 5.54. The molecule has 18 nitrogen and oxygen atoms in total. The highest BCUT2D eigenvalue weighted by Gasteiger charge is 2.77. The molecule has 0 bridgehead atoms. The van der Waals surface area contributed by atoms with Crippen LogP contribution >= 0.6 is 0 Å². The molecule has 0 aromatic carbocycles. The van der Waals surface area contributed by atoms with Crippen molar-refractivity contribution in [1.82, 2.24) is 60.5 Å². The summed E-state index contributed by atoms with van der Waals surface area (Å²) in [6, 6.07) is -2.78. The van der Waals surface area contributed by atoms with Crippen LogP contribution in [-0.2, 0) is 0 Å². The van der Waals surface area contributed by atoms with Gasteiger partial charge < -0.3 is 21.3 Å². The van der Waals surface area contributed by atoms with Crippen molar-refractivity contribution in [2.75, 3.05) is 26.7 Å². The minimum absolute atomic E-state index is 0.194. The maximum absolute atomic E-state index is 14.0. The molecule has 8 heterocycles. The maximum Gasteiger partial charge on any atom is 0.326 e. The molecule has 0 radical (unpaired) electrons. The van der Waals surface area contributed by atoms with Crippen LogP contribution in [0.25, 0.3) is 0 Å². The molecule has 12 amide bonds. The molecule has 18 heteroatoms. The van der Waals surface area contributed by atoms with Gasteiger partial charge in [-0.15, -0.1) is 0 Å². The monoisotopic (exact) mass is 502 g/mol. The first-order valence-electron chi connectivity index (χ1n) is 11.5. The van der Waals surface area contributed by atoms with E-state index in [1.807, 2.05) is 0 Å². The largest absolute Gasteiger partial charge is 0.326 e. The summed E-state index contributed by atoms with van der Waals surface area (Å²) in [7, 11) is 0. The van der Waals surface area contributed by atoms with Crippen LogP contribution in [0.4, 0.5) is 28.8 Å². The molecule has 0 aromatic rings. The molecule has 0 unspecified atom stereocenters. The SMILES string of the molecule is CC12N3CN4C(=O)NC5NC(=O)N(CN1C(=O)N1CN6C(=O)NC7NC(=O)N(CN(C3=O)C12C)C76)C54. The number of carbonyl (C=O) groups is 6. The first kappa shape index (κ1) is 19.9. The number of urea groups is 6. The Labute approximate surface area is 202 Å². The molecule has 36 heavy (non-hydrogen) atoms. The Bertz CT molecular complexity index is 1060. The Hall–Kier alpha value is -4.38. The molecule has 0 aliphatic carbocycles. The third-order valence-corrected chi connectivity index (χ3v) is 9.13. The lowest BCUT2D eigenvalue weighted by molar-refractivity contribution is -0.106. The van der Waals surface area contributed by atoms with Crippen molar-refractivity contribution in [3.8, 4) is 0 Å². The number of nitrogens with zero attached hydrogens (tertiary/aromatic N) is 8. The van der Waals surface area contributed by atoms with Gasteiger partial charge in [-0.25, -0.2) is 28.8 Å². The average Bonchev–Trinajstić information content (AvgIpc) is 3.51. The zero-order valence-electron chi connectivity index (χ0n) is 19.2. The summed E-state index contributed by atoms with van der Waals surface area (Å²) >= 11 is 0. The predicted octanol–water partition coefficient (Wildman–Crippen LogP) is -2.84. The molecule has 0 atom stereocenters. The molecule has 0 aromatic heterocycles. The summed E-state index contributed by atoms with van der Waals surface area (Å²) in [5, 5.41) is 10.8. The van der Waals surface area contributed by atoms with E-state index < -0.39 is 72.2 Å². The van der Waals surface area contributed by atoms with Gasteiger partial charge in [0.1, 0.15) is 39.0 Å². The van der Waals surface area contributed by atoms with E-state index in [1.165, 1.54) is 39.2 Å². The lowest BCUT2D eigenvalue weighted by Crippen LogP contribution is -2.71. The quantitative estimate of drug-likeness (QED) is 0.277. The van der Waals surface area contributed by atoms with Crippen molar-refractivity contribution in [1.29, 1.82) is 0 Å². The van der Waals surface area contributed by atoms with Crippen LogP contribution in [0.1, 0.15) is 13.8 Å². The standard InChI is InChI=1S/C18H22N12O6/c1-17-18(2)29-5-25-10-8(21-13(25)33)22-14(34)26(10)6-30(18)16(36)28(17)4-24-9-7(20-12(24)32)19-11(31)23(9)3-27(17)15(29)35/h7-10H,3-6H2,1-2H3,(H,19,31)(H,20,32)(H,21,33)(H,22,34). The van der Waals surface area contributed by atoms with E-state index in [9.17, 15) is 28.8 Å². The summed E-state index contributed by atoms with van der Waals surface area (Å²) in [5.41, 5.74) is -2.71. The van der Waals surface area contributed by atoms with E-state index in [0.717, 1.165) is 0 Å². The smallest absolute Gasteiger partial charge is 0.314 e. The second-order valence-corrected chi connectivity index (χ2v) is 10.3. The minimum Gasteiger partial charge on any atom is -0.314 e. The first-order valence-corrected chi connectivity index (χ1v) is 11.5. The van der Waals surface area contributed by atoms with Crippen LogP contribution < -0.4 is 21.3 Å². The van der Waals surface area contributed by atoms with Crippen LogP contribution in [0.3, 0.4) is 0 Å². The highest BCUT2D eigenvalue weighted by Crippen LogP contribution is 2.53. The van der Waals surface area contributed by atoms with Gasteiger partial charge in [0.2, 0.25) is 0 Å². The van der Waals surface area contributed by atoms with Crippen molar-refractivity contribution < 1.29 is 28.8 Å². The number of rotatable bonds is 0. The van der Waals surface area contributed by atoms with Gasteiger partial charge in [-0.05, 0) is 13.8 Å². The lowest BCUT2D eigenvalue weighted by atomic mass is 9.95. The number of nitrogens with one attached hydrogen (secondary N) is 4. The number of carbonyl (C=O) groups excluding carboxylic acids is 6. The van der Waals surface area contributed by atoms with Crippen LogP contribution in [-0.4, -0.2) is 138 Å². The molecular weight excluding hydrogens is 480 g/mol. The average molecular weight is 502 g/mol. The zero-order valence-corrected chi connectivity index (χ0v) is 19.2. The Morgan fingerprint density at radius 3 is 1.03 bits per heavy atom. The van der Waals surface area contributed by atoms with Gasteiger partial charge in [-0.2, -0.15) is 0 Å². The van der Waals surface area contributed by atoms with Crippen LogP contribution in [0.15, 0.2) is 0 Å². The van der Waals surface area contributed by atoms with E-state index in [0.29, 0.717) is 0 Å². The molecule has 8 rings (SSSR count). The Morgan fingerprint density at radius 1 is 0.528 bits per heavy atom. The number of amides is 12.